The quantitative estimate of drug-likeness (QED) is 0.657. The summed E-state index contributed by atoms with van der Waals surface area (Å²) in [5.41, 5.74) is 1.24. The fraction of sp³-hybridized carbons (Fsp3) is 0.250. The fourth-order valence-corrected chi connectivity index (χ4v) is 2.56. The summed E-state index contributed by atoms with van der Waals surface area (Å²) >= 11 is 0. The SMILES string of the molecule is COC(=O)c1cc2cc(P(C)(C)=O)ccc2[nH]1. The maximum atomic E-state index is 12.0. The van der Waals surface area contributed by atoms with Crippen LogP contribution in [0.1, 0.15) is 10.5 Å². The Morgan fingerprint density at radius 1 is 1.29 bits per heavy atom. The molecule has 0 fully saturated rings. The molecule has 90 valence electrons. The van der Waals surface area contributed by atoms with Crippen molar-refractivity contribution < 1.29 is 14.1 Å². The molecule has 4 nitrogen and oxygen atoms in total. The highest BCUT2D eigenvalue weighted by atomic mass is 31.2. The summed E-state index contributed by atoms with van der Waals surface area (Å²) in [5.74, 6) is -0.404. The molecule has 5 heteroatoms. The number of fused-ring (bicyclic) bond motifs is 1. The number of aromatic amines is 1. The van der Waals surface area contributed by atoms with Crippen LogP contribution in [0.4, 0.5) is 0 Å². The van der Waals surface area contributed by atoms with Gasteiger partial charge in [-0.3, -0.25) is 0 Å². The van der Waals surface area contributed by atoms with Crippen LogP contribution in [-0.4, -0.2) is 31.4 Å². The van der Waals surface area contributed by atoms with Crippen molar-refractivity contribution in [3.63, 3.8) is 0 Å². The molecule has 0 amide bonds. The van der Waals surface area contributed by atoms with Crippen molar-refractivity contribution in [1.29, 1.82) is 0 Å². The summed E-state index contributed by atoms with van der Waals surface area (Å²) < 4.78 is 16.6. The topological polar surface area (TPSA) is 59.2 Å². The normalized spacial score (nSPS) is 11.7. The monoisotopic (exact) mass is 251 g/mol. The third-order valence-corrected chi connectivity index (χ3v) is 4.15. The number of esters is 1. The van der Waals surface area contributed by atoms with Gasteiger partial charge in [-0.05, 0) is 37.6 Å². The first kappa shape index (κ1) is 11.9. The number of benzene rings is 1. The third-order valence-electron chi connectivity index (χ3n) is 2.63. The van der Waals surface area contributed by atoms with Crippen molar-refractivity contribution in [2.24, 2.45) is 0 Å². The van der Waals surface area contributed by atoms with E-state index in [0.717, 1.165) is 16.2 Å². The lowest BCUT2D eigenvalue weighted by atomic mass is 10.2. The highest BCUT2D eigenvalue weighted by molar-refractivity contribution is 7.70. The fourth-order valence-electron chi connectivity index (χ4n) is 1.67. The molecule has 0 aliphatic rings. The van der Waals surface area contributed by atoms with Crippen LogP contribution in [0.3, 0.4) is 0 Å². The van der Waals surface area contributed by atoms with Gasteiger partial charge in [-0.1, -0.05) is 0 Å². The van der Waals surface area contributed by atoms with Crippen LogP contribution in [0.15, 0.2) is 24.3 Å². The molecule has 0 spiro atoms. The second-order valence-corrected chi connectivity index (χ2v) is 7.52. The molecule has 2 aromatic rings. The van der Waals surface area contributed by atoms with E-state index in [4.69, 9.17) is 0 Å². The van der Waals surface area contributed by atoms with Gasteiger partial charge in [0, 0.05) is 16.2 Å². The number of nitrogens with one attached hydrogen (secondary N) is 1. The molecule has 0 atom stereocenters. The number of rotatable bonds is 2. The Hall–Kier alpha value is -1.54. The maximum Gasteiger partial charge on any atom is 0.354 e. The Balaban J connectivity index is 2.56. The van der Waals surface area contributed by atoms with Gasteiger partial charge < -0.3 is 14.3 Å². The van der Waals surface area contributed by atoms with Gasteiger partial charge in [0.25, 0.3) is 0 Å². The molecule has 0 saturated carbocycles. The van der Waals surface area contributed by atoms with E-state index in [2.05, 4.69) is 9.72 Å². The van der Waals surface area contributed by atoms with Gasteiger partial charge in [0.1, 0.15) is 12.8 Å². The van der Waals surface area contributed by atoms with Gasteiger partial charge in [-0.25, -0.2) is 4.79 Å². The smallest absolute Gasteiger partial charge is 0.354 e. The molecule has 0 aliphatic carbocycles. The number of H-pyrrole nitrogens is 1. The summed E-state index contributed by atoms with van der Waals surface area (Å²) in [5, 5.41) is 1.67. The number of hydrogen-bond acceptors (Lipinski definition) is 3. The van der Waals surface area contributed by atoms with Crippen molar-refractivity contribution in [1.82, 2.24) is 4.98 Å². The molecule has 1 aromatic heterocycles. The van der Waals surface area contributed by atoms with Gasteiger partial charge in [0.05, 0.1) is 7.11 Å². The van der Waals surface area contributed by atoms with E-state index in [9.17, 15) is 9.36 Å². The lowest BCUT2D eigenvalue weighted by Crippen LogP contribution is -2.01. The van der Waals surface area contributed by atoms with E-state index in [-0.39, 0.29) is 0 Å². The van der Waals surface area contributed by atoms with E-state index in [1.807, 2.05) is 18.2 Å². The number of ether oxygens (including phenoxy) is 1. The van der Waals surface area contributed by atoms with Crippen LogP contribution >= 0.6 is 7.14 Å². The molecule has 0 aliphatic heterocycles. The highest BCUT2D eigenvalue weighted by Crippen LogP contribution is 2.35. The van der Waals surface area contributed by atoms with E-state index in [0.29, 0.717) is 5.69 Å². The molecule has 1 N–H and O–H groups in total. The second kappa shape index (κ2) is 4.04. The van der Waals surface area contributed by atoms with Crippen molar-refractivity contribution in [2.75, 3.05) is 20.4 Å². The van der Waals surface area contributed by atoms with Gasteiger partial charge in [-0.2, -0.15) is 0 Å². The van der Waals surface area contributed by atoms with Gasteiger partial charge in [-0.15, -0.1) is 0 Å². The Morgan fingerprint density at radius 3 is 2.59 bits per heavy atom. The molecule has 0 radical (unpaired) electrons. The average molecular weight is 251 g/mol. The molecule has 0 bridgehead atoms. The molecule has 1 aromatic carbocycles. The van der Waals surface area contributed by atoms with Crippen LogP contribution in [-0.2, 0) is 9.30 Å². The predicted molar refractivity (Wildman–Crippen MR) is 68.7 cm³/mol. The number of methoxy groups -OCH3 is 1. The first-order chi connectivity index (χ1) is 7.91. The van der Waals surface area contributed by atoms with Gasteiger partial charge >= 0.3 is 5.97 Å². The molecule has 1 heterocycles. The van der Waals surface area contributed by atoms with E-state index >= 15 is 0 Å². The summed E-state index contributed by atoms with van der Waals surface area (Å²) in [7, 11) is -0.935. The van der Waals surface area contributed by atoms with Crippen molar-refractivity contribution in [3.8, 4) is 0 Å². The van der Waals surface area contributed by atoms with Crippen molar-refractivity contribution in [2.45, 2.75) is 0 Å². The minimum atomic E-state index is -2.27. The molecule has 0 saturated heterocycles. The van der Waals surface area contributed by atoms with Crippen LogP contribution in [0.5, 0.6) is 0 Å². The Morgan fingerprint density at radius 2 is 2.00 bits per heavy atom. The van der Waals surface area contributed by atoms with Crippen LogP contribution < -0.4 is 5.30 Å². The largest absolute Gasteiger partial charge is 0.464 e. The number of carbonyl (C=O) groups is 1. The number of carbonyl (C=O) groups excluding carboxylic acids is 1. The number of aromatic nitrogens is 1. The standard InChI is InChI=1S/C12H14NO3P/c1-16-12(14)11-7-8-6-9(17(2,3)15)4-5-10(8)13-11/h4-7,13H,1-3H3. The predicted octanol–water partition coefficient (Wildman–Crippen LogP) is 2.20. The van der Waals surface area contributed by atoms with Gasteiger partial charge in [0.2, 0.25) is 0 Å². The zero-order valence-corrected chi connectivity index (χ0v) is 10.9. The summed E-state index contributed by atoms with van der Waals surface area (Å²) in [6, 6.07) is 7.21. The summed E-state index contributed by atoms with van der Waals surface area (Å²) in [6.45, 7) is 3.45. The Kier molecular flexibility index (Phi) is 2.84. The lowest BCUT2D eigenvalue weighted by Gasteiger charge is -2.05. The molecular formula is C12H14NO3P. The summed E-state index contributed by atoms with van der Waals surface area (Å²) in [4.78, 5) is 14.3. The summed E-state index contributed by atoms with van der Waals surface area (Å²) in [6.07, 6.45) is 0. The lowest BCUT2D eigenvalue weighted by molar-refractivity contribution is 0.0595. The second-order valence-electron chi connectivity index (χ2n) is 4.30. The van der Waals surface area contributed by atoms with E-state index in [1.54, 1.807) is 19.4 Å². The Labute approximate surface area is 99.3 Å². The van der Waals surface area contributed by atoms with Crippen LogP contribution in [0, 0.1) is 0 Å². The third kappa shape index (κ3) is 2.27. The molecular weight excluding hydrogens is 237 g/mol. The van der Waals surface area contributed by atoms with Crippen LogP contribution in [0.25, 0.3) is 10.9 Å². The first-order valence-corrected chi connectivity index (χ1v) is 7.78. The van der Waals surface area contributed by atoms with Crippen LogP contribution in [0.2, 0.25) is 0 Å². The van der Waals surface area contributed by atoms with E-state index < -0.39 is 13.1 Å². The van der Waals surface area contributed by atoms with Crippen molar-refractivity contribution >= 4 is 29.3 Å². The maximum absolute atomic E-state index is 12.0. The molecule has 0 unspecified atom stereocenters. The number of hydrogen-bond donors (Lipinski definition) is 1. The van der Waals surface area contributed by atoms with E-state index in [1.165, 1.54) is 7.11 Å². The molecule has 17 heavy (non-hydrogen) atoms. The zero-order valence-electron chi connectivity index (χ0n) is 9.98. The molecule has 2 rings (SSSR count). The van der Waals surface area contributed by atoms with Crippen molar-refractivity contribution in [3.05, 3.63) is 30.0 Å². The average Bonchev–Trinajstić information content (AvgIpc) is 2.69. The minimum Gasteiger partial charge on any atom is -0.464 e. The minimum absolute atomic E-state index is 0.404. The Bertz CT molecular complexity index is 624. The first-order valence-electron chi connectivity index (χ1n) is 5.18. The zero-order chi connectivity index (χ0) is 12.6. The van der Waals surface area contributed by atoms with Gasteiger partial charge in [0.15, 0.2) is 0 Å². The highest BCUT2D eigenvalue weighted by Gasteiger charge is 2.14.